The van der Waals surface area contributed by atoms with E-state index in [9.17, 15) is 4.79 Å². The topological polar surface area (TPSA) is 55.8 Å². The molecular formula is C16H20O4. The minimum absolute atomic E-state index is 0.638. The van der Waals surface area contributed by atoms with Crippen LogP contribution in [0.2, 0.25) is 0 Å². The number of hydrogen-bond acceptors (Lipinski definition) is 3. The van der Waals surface area contributed by atoms with Gasteiger partial charge in [-0.05, 0) is 38.5 Å². The van der Waals surface area contributed by atoms with Gasteiger partial charge in [-0.1, -0.05) is 11.6 Å². The maximum atomic E-state index is 10.6. The fourth-order valence-corrected chi connectivity index (χ4v) is 1.85. The predicted octanol–water partition coefficient (Wildman–Crippen LogP) is 3.31. The Balaban J connectivity index is 3.32. The van der Waals surface area contributed by atoms with Crippen molar-refractivity contribution in [3.8, 4) is 11.5 Å². The van der Waals surface area contributed by atoms with Crippen LogP contribution in [0.25, 0.3) is 6.08 Å². The second-order valence-corrected chi connectivity index (χ2v) is 4.53. The second-order valence-electron chi connectivity index (χ2n) is 4.53. The van der Waals surface area contributed by atoms with Crippen molar-refractivity contribution >= 4 is 12.0 Å². The van der Waals surface area contributed by atoms with Crippen molar-refractivity contribution in [3.63, 3.8) is 0 Å². The molecule has 0 aliphatic heterocycles. The lowest BCUT2D eigenvalue weighted by atomic mass is 10.0. The highest BCUT2D eigenvalue weighted by Gasteiger charge is 2.12. The number of benzene rings is 1. The average Bonchev–Trinajstić information content (AvgIpc) is 2.41. The lowest BCUT2D eigenvalue weighted by Crippen LogP contribution is -1.99. The summed E-state index contributed by atoms with van der Waals surface area (Å²) in [5.74, 6) is 0.375. The summed E-state index contributed by atoms with van der Waals surface area (Å²) >= 11 is 0. The fourth-order valence-electron chi connectivity index (χ4n) is 1.85. The van der Waals surface area contributed by atoms with Gasteiger partial charge in [0.05, 0.1) is 14.2 Å². The van der Waals surface area contributed by atoms with Gasteiger partial charge in [-0.15, -0.1) is 0 Å². The van der Waals surface area contributed by atoms with Crippen LogP contribution in [0.3, 0.4) is 0 Å². The van der Waals surface area contributed by atoms with Crippen molar-refractivity contribution in [2.75, 3.05) is 14.2 Å². The Kier molecular flexibility index (Phi) is 5.84. The Hall–Kier alpha value is -2.23. The Bertz CT molecular complexity index is 538. The van der Waals surface area contributed by atoms with Crippen LogP contribution in [0, 0.1) is 0 Å². The first-order valence-corrected chi connectivity index (χ1v) is 6.27. The molecule has 4 nitrogen and oxygen atoms in total. The smallest absolute Gasteiger partial charge is 0.328 e. The summed E-state index contributed by atoms with van der Waals surface area (Å²) in [4.78, 5) is 10.6. The van der Waals surface area contributed by atoms with Gasteiger partial charge in [0.15, 0.2) is 0 Å². The van der Waals surface area contributed by atoms with Crippen LogP contribution in [-0.4, -0.2) is 25.3 Å². The Morgan fingerprint density at radius 1 is 1.25 bits per heavy atom. The number of aliphatic carboxylic acids is 1. The Morgan fingerprint density at radius 3 is 2.45 bits per heavy atom. The number of allylic oxidation sites excluding steroid dienone is 2. The van der Waals surface area contributed by atoms with E-state index >= 15 is 0 Å². The van der Waals surface area contributed by atoms with E-state index in [1.165, 1.54) is 11.6 Å². The van der Waals surface area contributed by atoms with Gasteiger partial charge >= 0.3 is 5.97 Å². The minimum Gasteiger partial charge on any atom is -0.496 e. The molecular weight excluding hydrogens is 256 g/mol. The van der Waals surface area contributed by atoms with Gasteiger partial charge in [-0.25, -0.2) is 4.79 Å². The lowest BCUT2D eigenvalue weighted by molar-refractivity contribution is -0.131. The van der Waals surface area contributed by atoms with Crippen LogP contribution in [0.1, 0.15) is 25.0 Å². The zero-order valence-electron chi connectivity index (χ0n) is 12.3. The standard InChI is InChI=1S/C16H20O4/c1-11(2)5-8-13-14(19-3)9-6-12(16(13)20-4)7-10-15(17)18/h5-7,9-10H,8H2,1-4H3,(H,17,18)/b10-7+. The van der Waals surface area contributed by atoms with Gasteiger partial charge in [0.25, 0.3) is 0 Å². The van der Waals surface area contributed by atoms with Crippen molar-refractivity contribution in [1.29, 1.82) is 0 Å². The highest BCUT2D eigenvalue weighted by atomic mass is 16.5. The maximum Gasteiger partial charge on any atom is 0.328 e. The van der Waals surface area contributed by atoms with Crippen molar-refractivity contribution in [2.45, 2.75) is 20.3 Å². The van der Waals surface area contributed by atoms with E-state index in [4.69, 9.17) is 14.6 Å². The van der Waals surface area contributed by atoms with Crippen LogP contribution in [0.4, 0.5) is 0 Å². The average molecular weight is 276 g/mol. The molecule has 0 atom stereocenters. The molecule has 1 aromatic carbocycles. The summed E-state index contributed by atoms with van der Waals surface area (Å²) in [6, 6.07) is 3.60. The molecule has 0 bridgehead atoms. The molecule has 0 fully saturated rings. The van der Waals surface area contributed by atoms with E-state index in [2.05, 4.69) is 6.08 Å². The van der Waals surface area contributed by atoms with Gasteiger partial charge in [-0.2, -0.15) is 0 Å². The first kappa shape index (κ1) is 15.8. The Morgan fingerprint density at radius 2 is 1.95 bits per heavy atom. The number of carbonyl (C=O) groups is 1. The summed E-state index contributed by atoms with van der Waals surface area (Å²) < 4.78 is 10.8. The van der Waals surface area contributed by atoms with Gasteiger partial charge in [0.2, 0.25) is 0 Å². The molecule has 4 heteroatoms. The molecule has 0 spiro atoms. The third-order valence-electron chi connectivity index (χ3n) is 2.79. The van der Waals surface area contributed by atoms with E-state index in [1.54, 1.807) is 20.3 Å². The number of carboxylic acids is 1. The molecule has 0 aromatic heterocycles. The Labute approximate surface area is 119 Å². The van der Waals surface area contributed by atoms with E-state index in [0.717, 1.165) is 17.4 Å². The monoisotopic (exact) mass is 276 g/mol. The highest BCUT2D eigenvalue weighted by Crippen LogP contribution is 2.33. The quantitative estimate of drug-likeness (QED) is 0.639. The summed E-state index contributed by atoms with van der Waals surface area (Å²) in [7, 11) is 3.17. The summed E-state index contributed by atoms with van der Waals surface area (Å²) in [5, 5.41) is 8.72. The van der Waals surface area contributed by atoms with Crippen molar-refractivity contribution in [1.82, 2.24) is 0 Å². The van der Waals surface area contributed by atoms with E-state index < -0.39 is 5.97 Å². The molecule has 1 N–H and O–H groups in total. The first-order valence-electron chi connectivity index (χ1n) is 6.27. The molecule has 0 aliphatic carbocycles. The zero-order chi connectivity index (χ0) is 15.1. The molecule has 108 valence electrons. The van der Waals surface area contributed by atoms with Crippen molar-refractivity contribution in [2.24, 2.45) is 0 Å². The normalized spacial score (nSPS) is 10.4. The van der Waals surface area contributed by atoms with Gasteiger partial charge in [0, 0.05) is 17.2 Å². The molecule has 0 aliphatic rings. The molecule has 0 saturated carbocycles. The third-order valence-corrected chi connectivity index (χ3v) is 2.79. The number of rotatable bonds is 6. The third kappa shape index (κ3) is 4.16. The van der Waals surface area contributed by atoms with E-state index in [0.29, 0.717) is 17.7 Å². The zero-order valence-corrected chi connectivity index (χ0v) is 12.3. The van der Waals surface area contributed by atoms with E-state index in [-0.39, 0.29) is 0 Å². The fraction of sp³-hybridized carbons (Fsp3) is 0.312. The summed E-state index contributed by atoms with van der Waals surface area (Å²) in [5.41, 5.74) is 2.82. The summed E-state index contributed by atoms with van der Waals surface area (Å²) in [6.45, 7) is 4.04. The van der Waals surface area contributed by atoms with Crippen LogP contribution in [-0.2, 0) is 11.2 Å². The number of ether oxygens (including phenoxy) is 2. The molecule has 0 amide bonds. The SMILES string of the molecule is COc1ccc(/C=C/C(=O)O)c(OC)c1CC=C(C)C. The van der Waals surface area contributed by atoms with Crippen LogP contribution in [0.15, 0.2) is 29.9 Å². The first-order chi connectivity index (χ1) is 9.49. The molecule has 1 aromatic rings. The minimum atomic E-state index is -0.992. The van der Waals surface area contributed by atoms with Crippen LogP contribution < -0.4 is 9.47 Å². The van der Waals surface area contributed by atoms with Crippen LogP contribution in [0.5, 0.6) is 11.5 Å². The van der Waals surface area contributed by atoms with Gasteiger partial charge in [-0.3, -0.25) is 0 Å². The predicted molar refractivity (Wildman–Crippen MR) is 79.4 cm³/mol. The van der Waals surface area contributed by atoms with Crippen molar-refractivity contribution in [3.05, 3.63) is 41.0 Å². The largest absolute Gasteiger partial charge is 0.496 e. The van der Waals surface area contributed by atoms with Crippen LogP contribution >= 0.6 is 0 Å². The molecule has 0 saturated heterocycles. The molecule has 0 radical (unpaired) electrons. The van der Waals surface area contributed by atoms with Gasteiger partial charge in [0.1, 0.15) is 11.5 Å². The molecule has 0 unspecified atom stereocenters. The van der Waals surface area contributed by atoms with Crippen molar-refractivity contribution < 1.29 is 19.4 Å². The summed E-state index contributed by atoms with van der Waals surface area (Å²) in [6.07, 6.45) is 5.36. The molecule has 20 heavy (non-hydrogen) atoms. The molecule has 1 rings (SSSR count). The number of carboxylic acid groups (broad SMARTS) is 1. The second kappa shape index (κ2) is 7.38. The van der Waals surface area contributed by atoms with Gasteiger partial charge < -0.3 is 14.6 Å². The highest BCUT2D eigenvalue weighted by molar-refractivity contribution is 5.86. The molecule has 0 heterocycles. The lowest BCUT2D eigenvalue weighted by Gasteiger charge is -2.14. The number of hydrogen-bond donors (Lipinski definition) is 1. The number of methoxy groups -OCH3 is 2. The maximum absolute atomic E-state index is 10.6. The van der Waals surface area contributed by atoms with E-state index in [1.807, 2.05) is 19.9 Å².